The highest BCUT2D eigenvalue weighted by molar-refractivity contribution is 7.86. The van der Waals surface area contributed by atoms with E-state index in [1.807, 2.05) is 13.8 Å². The van der Waals surface area contributed by atoms with Gasteiger partial charge in [-0.1, -0.05) is 24.6 Å². The molecule has 0 amide bonds. The van der Waals surface area contributed by atoms with E-state index in [9.17, 15) is 8.42 Å². The first kappa shape index (κ1) is 14.7. The lowest BCUT2D eigenvalue weighted by Crippen LogP contribution is -2.07. The molecule has 0 saturated heterocycles. The van der Waals surface area contributed by atoms with E-state index in [1.54, 1.807) is 24.3 Å². The van der Waals surface area contributed by atoms with Gasteiger partial charge in [-0.3, -0.25) is 4.18 Å². The highest BCUT2D eigenvalue weighted by Crippen LogP contribution is 2.13. The van der Waals surface area contributed by atoms with Crippen molar-refractivity contribution < 1.29 is 12.6 Å². The second-order valence-corrected chi connectivity index (χ2v) is 5.56. The van der Waals surface area contributed by atoms with Crippen LogP contribution in [0.5, 0.6) is 0 Å². The van der Waals surface area contributed by atoms with Crippen molar-refractivity contribution in [2.75, 3.05) is 6.61 Å². The van der Waals surface area contributed by atoms with Crippen LogP contribution in [0.15, 0.2) is 29.2 Å². The lowest BCUT2D eigenvalue weighted by atomic mass is 10.2. The van der Waals surface area contributed by atoms with E-state index in [4.69, 9.17) is 4.18 Å². The zero-order valence-corrected chi connectivity index (χ0v) is 11.6. The molecular weight excluding hydrogens is 248 g/mol. The van der Waals surface area contributed by atoms with Gasteiger partial charge in [-0.05, 0) is 25.5 Å². The summed E-state index contributed by atoms with van der Waals surface area (Å²) in [5.41, 5.74) is 1.01. The summed E-state index contributed by atoms with van der Waals surface area (Å²) in [5.74, 6) is 5.82. The third kappa shape index (κ3) is 4.91. The van der Waals surface area contributed by atoms with Crippen LogP contribution in [0.4, 0.5) is 0 Å². The van der Waals surface area contributed by atoms with Crippen molar-refractivity contribution in [1.29, 1.82) is 0 Å². The maximum atomic E-state index is 11.8. The van der Waals surface area contributed by atoms with E-state index in [2.05, 4.69) is 11.8 Å². The molecule has 1 aromatic carbocycles. The molecule has 0 N–H and O–H groups in total. The zero-order valence-electron chi connectivity index (χ0n) is 10.8. The van der Waals surface area contributed by atoms with Crippen molar-refractivity contribution in [1.82, 2.24) is 0 Å². The highest BCUT2D eigenvalue weighted by Gasteiger charge is 2.13. The quantitative estimate of drug-likeness (QED) is 0.467. The van der Waals surface area contributed by atoms with Crippen molar-refractivity contribution in [3.8, 4) is 11.8 Å². The Kier molecular flexibility index (Phi) is 5.90. The van der Waals surface area contributed by atoms with Crippen molar-refractivity contribution in [2.24, 2.45) is 0 Å². The molecule has 1 rings (SSSR count). The van der Waals surface area contributed by atoms with Crippen LogP contribution in [0.2, 0.25) is 0 Å². The molecular formula is C14H18O3S. The van der Waals surface area contributed by atoms with Gasteiger partial charge in [-0.15, -0.1) is 11.8 Å². The average Bonchev–Trinajstić information content (AvgIpc) is 2.34. The number of hydrogen-bond acceptors (Lipinski definition) is 3. The summed E-state index contributed by atoms with van der Waals surface area (Å²) >= 11 is 0. The standard InChI is InChI=1S/C14H18O3S/c1-3-4-5-6-7-12-17-18(15,16)14-10-8-13(2)9-11-14/h8-11H,3-4,7,12H2,1-2H3. The van der Waals surface area contributed by atoms with Gasteiger partial charge in [0.1, 0.15) is 0 Å². The van der Waals surface area contributed by atoms with Gasteiger partial charge in [0.25, 0.3) is 10.1 Å². The van der Waals surface area contributed by atoms with Gasteiger partial charge in [-0.25, -0.2) is 0 Å². The van der Waals surface area contributed by atoms with Crippen LogP contribution >= 0.6 is 0 Å². The Hall–Kier alpha value is -1.31. The molecule has 0 aliphatic rings. The van der Waals surface area contributed by atoms with Crippen LogP contribution in [0.1, 0.15) is 31.7 Å². The second kappa shape index (κ2) is 7.20. The van der Waals surface area contributed by atoms with Gasteiger partial charge in [0.15, 0.2) is 0 Å². The molecule has 4 heteroatoms. The van der Waals surface area contributed by atoms with Crippen molar-refractivity contribution in [3.05, 3.63) is 29.8 Å². The van der Waals surface area contributed by atoms with Gasteiger partial charge in [0.05, 0.1) is 11.5 Å². The minimum absolute atomic E-state index is 0.104. The first-order chi connectivity index (χ1) is 8.56. The van der Waals surface area contributed by atoms with Gasteiger partial charge in [-0.2, -0.15) is 8.42 Å². The molecule has 0 saturated carbocycles. The Morgan fingerprint density at radius 1 is 1.11 bits per heavy atom. The van der Waals surface area contributed by atoms with Crippen LogP contribution in [0, 0.1) is 18.8 Å². The summed E-state index contributed by atoms with van der Waals surface area (Å²) in [4.78, 5) is 0.189. The van der Waals surface area contributed by atoms with Gasteiger partial charge in [0, 0.05) is 12.8 Å². The second-order valence-electron chi connectivity index (χ2n) is 3.94. The van der Waals surface area contributed by atoms with E-state index >= 15 is 0 Å². The maximum absolute atomic E-state index is 11.8. The molecule has 1 aromatic rings. The van der Waals surface area contributed by atoms with Crippen LogP contribution in [0.25, 0.3) is 0 Å². The van der Waals surface area contributed by atoms with Gasteiger partial charge < -0.3 is 0 Å². The lowest BCUT2D eigenvalue weighted by Gasteiger charge is -2.04. The molecule has 0 aliphatic carbocycles. The predicted octanol–water partition coefficient (Wildman–Crippen LogP) is 2.89. The average molecular weight is 266 g/mol. The predicted molar refractivity (Wildman–Crippen MR) is 71.6 cm³/mol. The first-order valence-corrected chi connectivity index (χ1v) is 7.39. The van der Waals surface area contributed by atoms with Gasteiger partial charge in [0.2, 0.25) is 0 Å². The number of aryl methyl sites for hydroxylation is 1. The molecule has 18 heavy (non-hydrogen) atoms. The Bertz CT molecular complexity index is 518. The summed E-state index contributed by atoms with van der Waals surface area (Å²) < 4.78 is 28.4. The molecule has 0 unspecified atom stereocenters. The SMILES string of the molecule is CCCC#CCCOS(=O)(=O)c1ccc(C)cc1. The minimum atomic E-state index is -3.64. The normalized spacial score (nSPS) is 10.8. The molecule has 0 atom stereocenters. The molecule has 0 radical (unpaired) electrons. The first-order valence-electron chi connectivity index (χ1n) is 5.98. The molecule has 0 heterocycles. The monoisotopic (exact) mass is 266 g/mol. The summed E-state index contributed by atoms with van der Waals surface area (Å²) in [5, 5.41) is 0. The summed E-state index contributed by atoms with van der Waals surface area (Å²) in [6, 6.07) is 6.59. The van der Waals surface area contributed by atoms with Crippen LogP contribution < -0.4 is 0 Å². The fraction of sp³-hybridized carbons (Fsp3) is 0.429. The molecule has 0 aromatic heterocycles. The Morgan fingerprint density at radius 2 is 1.72 bits per heavy atom. The van der Waals surface area contributed by atoms with Crippen molar-refractivity contribution in [2.45, 2.75) is 38.0 Å². The Morgan fingerprint density at radius 3 is 2.33 bits per heavy atom. The molecule has 3 nitrogen and oxygen atoms in total. The molecule has 98 valence electrons. The fourth-order valence-corrected chi connectivity index (χ4v) is 2.19. The third-order valence-corrected chi connectivity index (χ3v) is 3.60. The third-order valence-electron chi connectivity index (χ3n) is 2.28. The Labute approximate surface area is 109 Å². The highest BCUT2D eigenvalue weighted by atomic mass is 32.2. The van der Waals surface area contributed by atoms with E-state index in [-0.39, 0.29) is 11.5 Å². The molecule has 0 bridgehead atoms. The summed E-state index contributed by atoms with van der Waals surface area (Å²) in [6.07, 6.45) is 2.28. The van der Waals surface area contributed by atoms with E-state index < -0.39 is 10.1 Å². The van der Waals surface area contributed by atoms with E-state index in [0.29, 0.717) is 6.42 Å². The number of rotatable bonds is 5. The fourth-order valence-electron chi connectivity index (χ4n) is 1.28. The summed E-state index contributed by atoms with van der Waals surface area (Å²) in [7, 11) is -3.64. The summed E-state index contributed by atoms with van der Waals surface area (Å²) in [6.45, 7) is 4.06. The molecule has 0 aliphatic heterocycles. The number of unbranched alkanes of at least 4 members (excludes halogenated alkanes) is 1. The van der Waals surface area contributed by atoms with E-state index in [0.717, 1.165) is 18.4 Å². The minimum Gasteiger partial charge on any atom is -0.265 e. The smallest absolute Gasteiger partial charge is 0.265 e. The Balaban J connectivity index is 2.51. The van der Waals surface area contributed by atoms with Crippen LogP contribution in [-0.2, 0) is 14.3 Å². The van der Waals surface area contributed by atoms with Crippen molar-refractivity contribution in [3.63, 3.8) is 0 Å². The van der Waals surface area contributed by atoms with Crippen LogP contribution in [-0.4, -0.2) is 15.0 Å². The topological polar surface area (TPSA) is 43.4 Å². The maximum Gasteiger partial charge on any atom is 0.297 e. The van der Waals surface area contributed by atoms with Crippen LogP contribution in [0.3, 0.4) is 0 Å². The van der Waals surface area contributed by atoms with Crippen molar-refractivity contribution >= 4 is 10.1 Å². The molecule has 0 spiro atoms. The zero-order chi connectivity index (χ0) is 13.4. The lowest BCUT2D eigenvalue weighted by molar-refractivity contribution is 0.326. The number of hydrogen-bond donors (Lipinski definition) is 0. The largest absolute Gasteiger partial charge is 0.297 e. The molecule has 0 fully saturated rings. The van der Waals surface area contributed by atoms with Gasteiger partial charge >= 0.3 is 0 Å². The van der Waals surface area contributed by atoms with E-state index in [1.165, 1.54) is 0 Å². The number of benzene rings is 1.